The van der Waals surface area contributed by atoms with Gasteiger partial charge in [-0.1, -0.05) is 52.9 Å². The third-order valence-electron chi connectivity index (χ3n) is 2.76. The van der Waals surface area contributed by atoms with Crippen molar-refractivity contribution in [2.45, 2.75) is 59.3 Å². The van der Waals surface area contributed by atoms with Crippen LogP contribution in [0.15, 0.2) is 0 Å². The first-order chi connectivity index (χ1) is 6.20. The molecule has 1 heteroatoms. The van der Waals surface area contributed by atoms with Crippen LogP contribution in [0.2, 0.25) is 0 Å². The minimum Gasteiger partial charge on any atom is -0.179 e. The molecule has 0 nitrogen and oxygen atoms in total. The van der Waals surface area contributed by atoms with Crippen molar-refractivity contribution < 1.29 is 0 Å². The summed E-state index contributed by atoms with van der Waals surface area (Å²) < 4.78 is 0. The summed E-state index contributed by atoms with van der Waals surface area (Å²) in [6, 6.07) is 0. The fourth-order valence-corrected chi connectivity index (χ4v) is 1.73. The lowest BCUT2D eigenvalue weighted by Crippen LogP contribution is -2.01. The average molecular weight is 202 g/mol. The van der Waals surface area contributed by atoms with Crippen LogP contribution >= 0.6 is 12.6 Å². The summed E-state index contributed by atoms with van der Waals surface area (Å²) in [6.07, 6.45) is 8.36. The van der Waals surface area contributed by atoms with E-state index in [0.29, 0.717) is 0 Å². The molecule has 80 valence electrons. The average Bonchev–Trinajstić information content (AvgIpc) is 2.14. The summed E-state index contributed by atoms with van der Waals surface area (Å²) in [5.41, 5.74) is 0. The fourth-order valence-electron chi connectivity index (χ4n) is 1.55. The summed E-state index contributed by atoms with van der Waals surface area (Å²) in [5, 5.41) is 0. The van der Waals surface area contributed by atoms with E-state index < -0.39 is 0 Å². The molecule has 0 saturated heterocycles. The van der Waals surface area contributed by atoms with Gasteiger partial charge in [0.25, 0.3) is 0 Å². The zero-order valence-corrected chi connectivity index (χ0v) is 10.4. The normalized spacial score (nSPS) is 15.7. The lowest BCUT2D eigenvalue weighted by molar-refractivity contribution is 0.416. The smallest absolute Gasteiger partial charge is 0.00721 e. The van der Waals surface area contributed by atoms with Gasteiger partial charge in [0.05, 0.1) is 0 Å². The molecule has 0 amide bonds. The van der Waals surface area contributed by atoms with E-state index in [1.54, 1.807) is 0 Å². The number of unbranched alkanes of at least 4 members (excludes halogenated alkanes) is 2. The van der Waals surface area contributed by atoms with Gasteiger partial charge in [-0.15, -0.1) is 0 Å². The molecule has 0 rings (SSSR count). The third kappa shape index (κ3) is 8.67. The summed E-state index contributed by atoms with van der Waals surface area (Å²) in [6.45, 7) is 6.96. The van der Waals surface area contributed by atoms with Crippen molar-refractivity contribution in [2.75, 3.05) is 5.75 Å². The van der Waals surface area contributed by atoms with Crippen LogP contribution in [0.1, 0.15) is 59.3 Å². The summed E-state index contributed by atoms with van der Waals surface area (Å²) in [5.74, 6) is 2.77. The number of rotatable bonds is 8. The van der Waals surface area contributed by atoms with Crippen molar-refractivity contribution in [1.29, 1.82) is 0 Å². The van der Waals surface area contributed by atoms with Crippen molar-refractivity contribution >= 4 is 12.6 Å². The van der Waals surface area contributed by atoms with Gasteiger partial charge in [0.1, 0.15) is 0 Å². The highest BCUT2D eigenvalue weighted by Crippen LogP contribution is 2.18. The number of hydrogen-bond donors (Lipinski definition) is 1. The zero-order valence-electron chi connectivity index (χ0n) is 9.55. The lowest BCUT2D eigenvalue weighted by atomic mass is 9.94. The standard InChI is InChI=1S/C12H26S/c1-4-5-6-7-11(2)8-9-12(3)10-13/h11-13H,4-10H2,1-3H3. The molecule has 0 aromatic heterocycles. The van der Waals surface area contributed by atoms with Crippen molar-refractivity contribution in [2.24, 2.45) is 11.8 Å². The minimum absolute atomic E-state index is 0.803. The molecule has 0 heterocycles. The van der Waals surface area contributed by atoms with Gasteiger partial charge in [-0.25, -0.2) is 0 Å². The molecular formula is C12H26S. The van der Waals surface area contributed by atoms with Gasteiger partial charge in [-0.2, -0.15) is 12.6 Å². The zero-order chi connectivity index (χ0) is 10.1. The molecule has 2 unspecified atom stereocenters. The van der Waals surface area contributed by atoms with E-state index in [9.17, 15) is 0 Å². The largest absolute Gasteiger partial charge is 0.179 e. The second-order valence-electron chi connectivity index (χ2n) is 4.47. The van der Waals surface area contributed by atoms with Gasteiger partial charge < -0.3 is 0 Å². The summed E-state index contributed by atoms with van der Waals surface area (Å²) in [4.78, 5) is 0. The molecule has 0 bridgehead atoms. The van der Waals surface area contributed by atoms with Crippen LogP contribution in [-0.2, 0) is 0 Å². The Bertz CT molecular complexity index is 101. The molecule has 0 aromatic carbocycles. The van der Waals surface area contributed by atoms with Gasteiger partial charge in [0.2, 0.25) is 0 Å². The number of thiol groups is 1. The van der Waals surface area contributed by atoms with Crippen LogP contribution in [0.5, 0.6) is 0 Å². The molecular weight excluding hydrogens is 176 g/mol. The van der Waals surface area contributed by atoms with E-state index in [4.69, 9.17) is 0 Å². The first-order valence-corrected chi connectivity index (χ1v) is 6.44. The Morgan fingerprint density at radius 1 is 0.923 bits per heavy atom. The predicted octanol–water partition coefficient (Wildman–Crippen LogP) is 4.55. The second-order valence-corrected chi connectivity index (χ2v) is 4.83. The molecule has 2 atom stereocenters. The fraction of sp³-hybridized carbons (Fsp3) is 1.00. The lowest BCUT2D eigenvalue weighted by Gasteiger charge is -2.13. The first kappa shape index (κ1) is 13.4. The topological polar surface area (TPSA) is 0 Å². The van der Waals surface area contributed by atoms with Crippen molar-refractivity contribution in [3.8, 4) is 0 Å². The Morgan fingerprint density at radius 3 is 2.08 bits per heavy atom. The van der Waals surface area contributed by atoms with Crippen LogP contribution < -0.4 is 0 Å². The van der Waals surface area contributed by atoms with Gasteiger partial charge in [-0.05, 0) is 24.0 Å². The Hall–Kier alpha value is 0.350. The molecule has 13 heavy (non-hydrogen) atoms. The van der Waals surface area contributed by atoms with Crippen molar-refractivity contribution in [1.82, 2.24) is 0 Å². The summed E-state index contributed by atoms with van der Waals surface area (Å²) in [7, 11) is 0. The van der Waals surface area contributed by atoms with E-state index in [-0.39, 0.29) is 0 Å². The predicted molar refractivity (Wildman–Crippen MR) is 65.6 cm³/mol. The van der Waals surface area contributed by atoms with E-state index in [2.05, 4.69) is 33.4 Å². The molecule has 0 aliphatic rings. The second kappa shape index (κ2) is 8.93. The van der Waals surface area contributed by atoms with Crippen molar-refractivity contribution in [3.05, 3.63) is 0 Å². The Kier molecular flexibility index (Phi) is 9.17. The van der Waals surface area contributed by atoms with Gasteiger partial charge in [-0.3, -0.25) is 0 Å². The highest BCUT2D eigenvalue weighted by Gasteiger charge is 2.04. The molecule has 0 radical (unpaired) electrons. The molecule has 0 aliphatic heterocycles. The summed E-state index contributed by atoms with van der Waals surface area (Å²) >= 11 is 4.30. The maximum atomic E-state index is 4.30. The third-order valence-corrected chi connectivity index (χ3v) is 3.39. The van der Waals surface area contributed by atoms with E-state index in [0.717, 1.165) is 17.6 Å². The monoisotopic (exact) mass is 202 g/mol. The van der Waals surface area contributed by atoms with Crippen LogP contribution in [0.3, 0.4) is 0 Å². The Balaban J connectivity index is 3.24. The van der Waals surface area contributed by atoms with E-state index >= 15 is 0 Å². The maximum absolute atomic E-state index is 4.30. The van der Waals surface area contributed by atoms with Crippen LogP contribution in [0.25, 0.3) is 0 Å². The van der Waals surface area contributed by atoms with Crippen LogP contribution in [-0.4, -0.2) is 5.75 Å². The SMILES string of the molecule is CCCCCC(C)CCC(C)CS. The van der Waals surface area contributed by atoms with Crippen molar-refractivity contribution in [3.63, 3.8) is 0 Å². The van der Waals surface area contributed by atoms with E-state index in [1.807, 2.05) is 0 Å². The van der Waals surface area contributed by atoms with Crippen LogP contribution in [0, 0.1) is 11.8 Å². The van der Waals surface area contributed by atoms with Crippen LogP contribution in [0.4, 0.5) is 0 Å². The Labute approximate surface area is 89.9 Å². The quantitative estimate of drug-likeness (QED) is 0.433. The first-order valence-electron chi connectivity index (χ1n) is 5.81. The maximum Gasteiger partial charge on any atom is -0.00721 e. The number of hydrogen-bond acceptors (Lipinski definition) is 1. The molecule has 0 saturated carbocycles. The minimum atomic E-state index is 0.803. The highest BCUT2D eigenvalue weighted by molar-refractivity contribution is 7.80. The molecule has 0 fully saturated rings. The van der Waals surface area contributed by atoms with Gasteiger partial charge >= 0.3 is 0 Å². The molecule has 0 N–H and O–H groups in total. The van der Waals surface area contributed by atoms with Gasteiger partial charge in [0.15, 0.2) is 0 Å². The Morgan fingerprint density at radius 2 is 1.54 bits per heavy atom. The van der Waals surface area contributed by atoms with Gasteiger partial charge in [0, 0.05) is 0 Å². The van der Waals surface area contributed by atoms with E-state index in [1.165, 1.54) is 38.5 Å². The molecule has 0 aliphatic carbocycles. The molecule has 0 aromatic rings. The highest BCUT2D eigenvalue weighted by atomic mass is 32.1. The molecule has 0 spiro atoms.